The van der Waals surface area contributed by atoms with E-state index in [0.29, 0.717) is 17.1 Å². The second kappa shape index (κ2) is 8.67. The average Bonchev–Trinajstić information content (AvgIpc) is 3.19. The van der Waals surface area contributed by atoms with Gasteiger partial charge in [-0.3, -0.25) is 4.79 Å². The van der Waals surface area contributed by atoms with Gasteiger partial charge in [0.2, 0.25) is 0 Å². The first-order valence-electron chi connectivity index (χ1n) is 8.97. The minimum Gasteiger partial charge on any atom is -0.352 e. The van der Waals surface area contributed by atoms with E-state index in [1.54, 1.807) is 16.0 Å². The zero-order chi connectivity index (χ0) is 19.4. The van der Waals surface area contributed by atoms with Gasteiger partial charge in [0, 0.05) is 23.2 Å². The number of hydrogen-bond donors (Lipinski definition) is 1. The summed E-state index contributed by atoms with van der Waals surface area (Å²) in [6.45, 7) is 6.48. The van der Waals surface area contributed by atoms with Crippen LogP contribution in [0.5, 0.6) is 0 Å². The van der Waals surface area contributed by atoms with Crippen LogP contribution in [-0.4, -0.2) is 27.2 Å². The Kier molecular flexibility index (Phi) is 6.29. The van der Waals surface area contributed by atoms with Gasteiger partial charge in [-0.2, -0.15) is 5.10 Å². The van der Waals surface area contributed by atoms with E-state index in [-0.39, 0.29) is 5.91 Å². The molecule has 0 spiro atoms. The first-order chi connectivity index (χ1) is 13.0. The Morgan fingerprint density at radius 2 is 1.93 bits per heavy atom. The number of hydrogen-bond acceptors (Lipinski definition) is 4. The summed E-state index contributed by atoms with van der Waals surface area (Å²) in [5.74, 6) is -0.0574. The molecule has 0 bridgehead atoms. The van der Waals surface area contributed by atoms with E-state index in [1.807, 2.05) is 45.0 Å². The number of carbonyl (C=O) groups excluding carboxylic acids is 1. The molecule has 0 saturated carbocycles. The van der Waals surface area contributed by atoms with Crippen LogP contribution >= 0.6 is 22.9 Å². The van der Waals surface area contributed by atoms with Crippen molar-refractivity contribution >= 4 is 28.8 Å². The zero-order valence-electron chi connectivity index (χ0n) is 15.8. The quantitative estimate of drug-likeness (QED) is 0.584. The summed E-state index contributed by atoms with van der Waals surface area (Å²) in [5.41, 5.74) is 4.29. The number of carbonyl (C=O) groups is 1. The van der Waals surface area contributed by atoms with Crippen LogP contribution in [0.25, 0.3) is 5.69 Å². The number of halogens is 1. The van der Waals surface area contributed by atoms with Crippen molar-refractivity contribution in [2.75, 3.05) is 6.54 Å². The van der Waals surface area contributed by atoms with Gasteiger partial charge in [0.05, 0.1) is 27.1 Å². The van der Waals surface area contributed by atoms with Gasteiger partial charge in [-0.15, -0.1) is 11.3 Å². The summed E-state index contributed by atoms with van der Waals surface area (Å²) < 4.78 is 1.79. The third kappa shape index (κ3) is 4.76. The number of rotatable bonds is 7. The van der Waals surface area contributed by atoms with Gasteiger partial charge in [0.25, 0.3) is 5.91 Å². The van der Waals surface area contributed by atoms with E-state index in [2.05, 4.69) is 20.8 Å². The van der Waals surface area contributed by atoms with Crippen LogP contribution in [0.3, 0.4) is 0 Å². The molecule has 2 heterocycles. The maximum absolute atomic E-state index is 12.3. The van der Waals surface area contributed by atoms with E-state index in [9.17, 15) is 4.79 Å². The van der Waals surface area contributed by atoms with Crippen LogP contribution in [0.15, 0.2) is 29.6 Å². The van der Waals surface area contributed by atoms with Gasteiger partial charge >= 0.3 is 0 Å². The Morgan fingerprint density at radius 1 is 1.19 bits per heavy atom. The molecule has 142 valence electrons. The number of thiazole rings is 1. The molecule has 0 unspecified atom stereocenters. The smallest absolute Gasteiger partial charge is 0.251 e. The van der Waals surface area contributed by atoms with Crippen molar-refractivity contribution in [3.8, 4) is 5.69 Å². The minimum atomic E-state index is -0.0574. The summed E-state index contributed by atoms with van der Waals surface area (Å²) in [4.78, 5) is 16.7. The van der Waals surface area contributed by atoms with Gasteiger partial charge < -0.3 is 5.32 Å². The first kappa shape index (κ1) is 19.6. The minimum absolute atomic E-state index is 0.0574. The van der Waals surface area contributed by atoms with Gasteiger partial charge in [-0.05, 0) is 64.3 Å². The fourth-order valence-electron chi connectivity index (χ4n) is 2.85. The van der Waals surface area contributed by atoms with Gasteiger partial charge in [0.15, 0.2) is 0 Å². The summed E-state index contributed by atoms with van der Waals surface area (Å²) >= 11 is 7.90. The Morgan fingerprint density at radius 3 is 2.52 bits per heavy atom. The number of aromatic nitrogens is 3. The Labute approximate surface area is 168 Å². The molecule has 0 aliphatic carbocycles. The third-order valence-corrected chi connectivity index (χ3v) is 5.92. The molecular weight excluding hydrogens is 380 g/mol. The highest BCUT2D eigenvalue weighted by molar-refractivity contribution is 7.09. The van der Waals surface area contributed by atoms with Crippen LogP contribution in [0.1, 0.15) is 45.3 Å². The van der Waals surface area contributed by atoms with Crippen molar-refractivity contribution in [2.24, 2.45) is 0 Å². The molecule has 1 aromatic carbocycles. The van der Waals surface area contributed by atoms with E-state index < -0.39 is 0 Å². The predicted molar refractivity (Wildman–Crippen MR) is 110 cm³/mol. The van der Waals surface area contributed by atoms with Gasteiger partial charge in [0.1, 0.15) is 0 Å². The van der Waals surface area contributed by atoms with Crippen molar-refractivity contribution in [1.29, 1.82) is 0 Å². The molecule has 1 N–H and O–H groups in total. The van der Waals surface area contributed by atoms with Gasteiger partial charge in [-0.1, -0.05) is 11.6 Å². The van der Waals surface area contributed by atoms with E-state index in [0.717, 1.165) is 42.0 Å². The summed E-state index contributed by atoms with van der Waals surface area (Å²) in [6, 6.07) is 7.39. The Bertz CT molecular complexity index is 930. The number of nitrogens with zero attached hydrogens (tertiary/aromatic N) is 3. The molecule has 0 fully saturated rings. The lowest BCUT2D eigenvalue weighted by Crippen LogP contribution is -2.24. The lowest BCUT2D eigenvalue weighted by Gasteiger charge is -2.07. The number of amides is 1. The molecule has 2 aromatic heterocycles. The molecule has 0 aliphatic heterocycles. The van der Waals surface area contributed by atoms with E-state index >= 15 is 0 Å². The molecule has 0 aliphatic rings. The highest BCUT2D eigenvalue weighted by atomic mass is 35.5. The van der Waals surface area contributed by atoms with E-state index in [4.69, 9.17) is 11.6 Å². The zero-order valence-corrected chi connectivity index (χ0v) is 17.3. The molecule has 27 heavy (non-hydrogen) atoms. The molecule has 1 amide bonds. The van der Waals surface area contributed by atoms with Crippen LogP contribution in [0.4, 0.5) is 0 Å². The molecule has 5 nitrogen and oxygen atoms in total. The topological polar surface area (TPSA) is 59.8 Å². The van der Waals surface area contributed by atoms with Crippen molar-refractivity contribution < 1.29 is 4.79 Å². The largest absolute Gasteiger partial charge is 0.352 e. The highest BCUT2D eigenvalue weighted by Gasteiger charge is 2.11. The van der Waals surface area contributed by atoms with Crippen molar-refractivity contribution in [3.63, 3.8) is 0 Å². The highest BCUT2D eigenvalue weighted by Crippen LogP contribution is 2.22. The first-order valence-corrected chi connectivity index (χ1v) is 10.2. The predicted octanol–water partition coefficient (Wildman–Crippen LogP) is 4.66. The van der Waals surface area contributed by atoms with Crippen molar-refractivity contribution in [2.45, 2.75) is 40.0 Å². The number of benzene rings is 1. The number of aryl methyl sites for hydroxylation is 3. The second-order valence-electron chi connectivity index (χ2n) is 6.54. The summed E-state index contributed by atoms with van der Waals surface area (Å²) in [6.07, 6.45) is 2.92. The maximum atomic E-state index is 12.3. The lowest BCUT2D eigenvalue weighted by molar-refractivity contribution is 0.0953. The molecule has 3 aromatic rings. The number of unbranched alkanes of at least 4 members (excludes halogenated alkanes) is 1. The van der Waals surface area contributed by atoms with Crippen LogP contribution in [0, 0.1) is 20.8 Å². The molecular formula is C20H23ClN4OS. The summed E-state index contributed by atoms with van der Waals surface area (Å²) in [7, 11) is 0. The summed E-state index contributed by atoms with van der Waals surface area (Å²) in [5, 5.41) is 11.3. The van der Waals surface area contributed by atoms with Gasteiger partial charge in [-0.25, -0.2) is 9.67 Å². The fourth-order valence-corrected chi connectivity index (χ4v) is 3.79. The van der Waals surface area contributed by atoms with E-state index in [1.165, 1.54) is 5.01 Å². The normalized spacial score (nSPS) is 11.0. The monoisotopic (exact) mass is 402 g/mol. The van der Waals surface area contributed by atoms with Crippen LogP contribution in [-0.2, 0) is 6.42 Å². The maximum Gasteiger partial charge on any atom is 0.251 e. The molecule has 0 saturated heterocycles. The van der Waals surface area contributed by atoms with Crippen molar-refractivity contribution in [1.82, 2.24) is 20.1 Å². The Hall–Kier alpha value is -2.18. The Balaban J connectivity index is 1.49. The molecule has 7 heteroatoms. The SMILES string of the molecule is Cc1csc(CCCCNC(=O)c2ccc(-n3nc(C)c(Cl)c3C)cc2)n1. The van der Waals surface area contributed by atoms with Crippen LogP contribution in [0.2, 0.25) is 5.02 Å². The molecule has 0 radical (unpaired) electrons. The molecule has 0 atom stereocenters. The second-order valence-corrected chi connectivity index (χ2v) is 7.86. The average molecular weight is 403 g/mol. The third-order valence-electron chi connectivity index (χ3n) is 4.35. The lowest BCUT2D eigenvalue weighted by atomic mass is 10.2. The fraction of sp³-hybridized carbons (Fsp3) is 0.350. The number of nitrogens with one attached hydrogen (secondary N) is 1. The molecule has 3 rings (SSSR count). The van der Waals surface area contributed by atoms with Crippen molar-refractivity contribution in [3.05, 3.63) is 62.3 Å². The van der Waals surface area contributed by atoms with Crippen LogP contribution < -0.4 is 5.32 Å². The standard InChI is InChI=1S/C20H23ClN4OS/c1-13-12-27-18(23-13)6-4-5-11-22-20(26)16-7-9-17(10-8-16)25-15(3)19(21)14(2)24-25/h7-10,12H,4-6,11H2,1-3H3,(H,22,26).